The first-order valence-electron chi connectivity index (χ1n) is 9.82. The maximum Gasteiger partial charge on any atom is 0.490 e. The molecule has 2 N–H and O–H groups in total. The highest BCUT2D eigenvalue weighted by atomic mass is 32.2. The number of aromatic nitrogens is 3. The summed E-state index contributed by atoms with van der Waals surface area (Å²) >= 11 is 1.79. The molecule has 1 aromatic carbocycles. The van der Waals surface area contributed by atoms with E-state index in [1.807, 2.05) is 10.9 Å². The zero-order chi connectivity index (χ0) is 23.0. The van der Waals surface area contributed by atoms with E-state index in [2.05, 4.69) is 45.7 Å². The molecule has 1 atom stereocenters. The summed E-state index contributed by atoms with van der Waals surface area (Å²) in [5.74, 6) is -2.76. The lowest BCUT2D eigenvalue weighted by molar-refractivity contribution is -0.192. The van der Waals surface area contributed by atoms with Crippen LogP contribution in [0.4, 0.5) is 13.2 Å². The standard InChI is InChI=1S/C18H26N4OS.C2HF3O2/c1-14(23)10-16-13-22(20-19-16)17-6-8-21(9-7-17)12-15-4-3-5-18(11-15)24-2;3-2(4,5)1(6)7/h3-5,11,13-14,17,23H,6-10,12H2,1-2H3;(H,6,7). The molecule has 1 fully saturated rings. The van der Waals surface area contributed by atoms with Crippen molar-refractivity contribution in [2.45, 2.75) is 55.9 Å². The zero-order valence-electron chi connectivity index (χ0n) is 17.4. The minimum Gasteiger partial charge on any atom is -0.475 e. The quantitative estimate of drug-likeness (QED) is 0.639. The van der Waals surface area contributed by atoms with Gasteiger partial charge in [-0.25, -0.2) is 9.48 Å². The lowest BCUT2D eigenvalue weighted by Crippen LogP contribution is -2.34. The number of carbonyl (C=O) groups is 1. The van der Waals surface area contributed by atoms with Crippen molar-refractivity contribution in [1.82, 2.24) is 19.9 Å². The Labute approximate surface area is 183 Å². The van der Waals surface area contributed by atoms with Crippen LogP contribution < -0.4 is 0 Å². The lowest BCUT2D eigenvalue weighted by atomic mass is 10.0. The predicted molar refractivity (Wildman–Crippen MR) is 111 cm³/mol. The molecule has 172 valence electrons. The van der Waals surface area contributed by atoms with E-state index in [1.165, 1.54) is 10.5 Å². The number of carboxylic acid groups (broad SMARTS) is 1. The molecule has 0 saturated carbocycles. The smallest absolute Gasteiger partial charge is 0.475 e. The van der Waals surface area contributed by atoms with E-state index < -0.39 is 12.1 Å². The molecular formula is C20H27F3N4O3S. The molecule has 0 spiro atoms. The number of aliphatic hydroxyl groups is 1. The molecule has 0 aliphatic carbocycles. The van der Waals surface area contributed by atoms with Crippen molar-refractivity contribution in [2.75, 3.05) is 19.3 Å². The van der Waals surface area contributed by atoms with E-state index in [0.717, 1.165) is 38.2 Å². The maximum atomic E-state index is 10.6. The van der Waals surface area contributed by atoms with Crippen LogP contribution in [0.5, 0.6) is 0 Å². The van der Waals surface area contributed by atoms with Crippen molar-refractivity contribution in [3.8, 4) is 0 Å². The Kier molecular flexibility index (Phi) is 9.32. The summed E-state index contributed by atoms with van der Waals surface area (Å²) in [6.07, 6.45) is 1.43. The van der Waals surface area contributed by atoms with Crippen LogP contribution in [0.2, 0.25) is 0 Å². The van der Waals surface area contributed by atoms with Gasteiger partial charge in [0.05, 0.1) is 17.8 Å². The number of alkyl halides is 3. The minimum absolute atomic E-state index is 0.367. The van der Waals surface area contributed by atoms with Crippen molar-refractivity contribution in [3.05, 3.63) is 41.7 Å². The molecule has 0 radical (unpaired) electrons. The van der Waals surface area contributed by atoms with E-state index in [9.17, 15) is 18.3 Å². The summed E-state index contributed by atoms with van der Waals surface area (Å²) in [6.45, 7) is 4.97. The Morgan fingerprint density at radius 2 is 1.97 bits per heavy atom. The van der Waals surface area contributed by atoms with Crippen LogP contribution in [0.15, 0.2) is 35.4 Å². The van der Waals surface area contributed by atoms with Gasteiger partial charge < -0.3 is 10.2 Å². The Hall–Kier alpha value is -2.11. The molecule has 1 aromatic heterocycles. The minimum atomic E-state index is -5.08. The Balaban J connectivity index is 0.000000423. The molecule has 1 unspecified atom stereocenters. The second-order valence-corrected chi connectivity index (χ2v) is 8.28. The van der Waals surface area contributed by atoms with Crippen LogP contribution in [-0.4, -0.2) is 67.7 Å². The van der Waals surface area contributed by atoms with Crippen molar-refractivity contribution < 1.29 is 28.2 Å². The SMILES string of the molecule is CSc1cccc(CN2CCC(n3cc(CC(C)O)nn3)CC2)c1.O=C(O)C(F)(F)F. The average molecular weight is 461 g/mol. The van der Waals surface area contributed by atoms with Gasteiger partial charge >= 0.3 is 12.1 Å². The average Bonchev–Trinajstić information content (AvgIpc) is 3.16. The molecule has 2 aromatic rings. The van der Waals surface area contributed by atoms with Gasteiger partial charge in [0, 0.05) is 37.1 Å². The third-order valence-corrected chi connectivity index (χ3v) is 5.50. The van der Waals surface area contributed by atoms with E-state index >= 15 is 0 Å². The number of aliphatic hydroxyl groups excluding tert-OH is 1. The van der Waals surface area contributed by atoms with Gasteiger partial charge in [0.2, 0.25) is 0 Å². The van der Waals surface area contributed by atoms with Crippen molar-refractivity contribution in [3.63, 3.8) is 0 Å². The van der Waals surface area contributed by atoms with Gasteiger partial charge in [-0.2, -0.15) is 13.2 Å². The van der Waals surface area contributed by atoms with Crippen LogP contribution in [-0.2, 0) is 17.8 Å². The first-order chi connectivity index (χ1) is 14.6. The highest BCUT2D eigenvalue weighted by Gasteiger charge is 2.38. The molecule has 11 heteroatoms. The number of benzene rings is 1. The summed E-state index contributed by atoms with van der Waals surface area (Å²) in [7, 11) is 0. The summed E-state index contributed by atoms with van der Waals surface area (Å²) in [5.41, 5.74) is 2.27. The largest absolute Gasteiger partial charge is 0.490 e. The second-order valence-electron chi connectivity index (χ2n) is 7.40. The van der Waals surface area contributed by atoms with E-state index in [4.69, 9.17) is 9.90 Å². The molecule has 7 nitrogen and oxygen atoms in total. The lowest BCUT2D eigenvalue weighted by Gasteiger charge is -2.31. The van der Waals surface area contributed by atoms with E-state index in [1.54, 1.807) is 18.7 Å². The van der Waals surface area contributed by atoms with Gasteiger partial charge in [-0.3, -0.25) is 4.90 Å². The highest BCUT2D eigenvalue weighted by molar-refractivity contribution is 7.98. The fourth-order valence-electron chi connectivity index (χ4n) is 3.26. The van der Waals surface area contributed by atoms with Crippen LogP contribution in [0.25, 0.3) is 0 Å². The number of thioether (sulfide) groups is 1. The van der Waals surface area contributed by atoms with E-state index in [0.29, 0.717) is 12.5 Å². The first kappa shape index (κ1) is 25.2. The van der Waals surface area contributed by atoms with Crippen molar-refractivity contribution >= 4 is 17.7 Å². The fraction of sp³-hybridized carbons (Fsp3) is 0.550. The molecule has 3 rings (SSSR count). The Bertz CT molecular complexity index is 837. The second kappa shape index (κ2) is 11.5. The summed E-state index contributed by atoms with van der Waals surface area (Å²) < 4.78 is 33.7. The normalized spacial score (nSPS) is 16.5. The number of hydrogen-bond donors (Lipinski definition) is 2. The number of aliphatic carboxylic acids is 1. The van der Waals surface area contributed by atoms with Crippen LogP contribution in [0.3, 0.4) is 0 Å². The number of nitrogens with zero attached hydrogens (tertiary/aromatic N) is 4. The number of halogens is 3. The third-order valence-electron chi connectivity index (χ3n) is 4.78. The fourth-order valence-corrected chi connectivity index (χ4v) is 3.74. The monoisotopic (exact) mass is 460 g/mol. The van der Waals surface area contributed by atoms with Crippen LogP contribution >= 0.6 is 11.8 Å². The summed E-state index contributed by atoms with van der Waals surface area (Å²) in [4.78, 5) is 12.7. The van der Waals surface area contributed by atoms with Gasteiger partial charge in [-0.15, -0.1) is 16.9 Å². The van der Waals surface area contributed by atoms with Crippen molar-refractivity contribution in [1.29, 1.82) is 0 Å². The van der Waals surface area contributed by atoms with Gasteiger partial charge in [0.25, 0.3) is 0 Å². The summed E-state index contributed by atoms with van der Waals surface area (Å²) in [5, 5.41) is 25.0. The van der Waals surface area contributed by atoms with Crippen LogP contribution in [0, 0.1) is 0 Å². The third kappa shape index (κ3) is 8.50. The number of hydrogen-bond acceptors (Lipinski definition) is 6. The van der Waals surface area contributed by atoms with Crippen molar-refractivity contribution in [2.24, 2.45) is 0 Å². The molecule has 2 heterocycles. The van der Waals surface area contributed by atoms with E-state index in [-0.39, 0.29) is 6.10 Å². The first-order valence-corrected chi connectivity index (χ1v) is 11.0. The molecule has 1 aliphatic heterocycles. The van der Waals surface area contributed by atoms with Gasteiger partial charge in [-0.1, -0.05) is 17.3 Å². The van der Waals surface area contributed by atoms with Crippen LogP contribution in [0.1, 0.15) is 37.1 Å². The number of rotatable bonds is 6. The molecule has 1 aliphatic rings. The molecule has 1 saturated heterocycles. The van der Waals surface area contributed by atoms with Gasteiger partial charge in [-0.05, 0) is 43.7 Å². The zero-order valence-corrected chi connectivity index (χ0v) is 18.2. The molecular weight excluding hydrogens is 433 g/mol. The number of piperidine rings is 1. The topological polar surface area (TPSA) is 91.5 Å². The highest BCUT2D eigenvalue weighted by Crippen LogP contribution is 2.24. The van der Waals surface area contributed by atoms with Gasteiger partial charge in [0.1, 0.15) is 0 Å². The Morgan fingerprint density at radius 3 is 2.52 bits per heavy atom. The molecule has 0 bridgehead atoms. The predicted octanol–water partition coefficient (Wildman–Crippen LogP) is 3.39. The maximum absolute atomic E-state index is 10.6. The molecule has 0 amide bonds. The summed E-state index contributed by atoms with van der Waals surface area (Å²) in [6, 6.07) is 9.24. The number of carboxylic acids is 1. The molecule has 31 heavy (non-hydrogen) atoms. The van der Waals surface area contributed by atoms with Gasteiger partial charge in [0.15, 0.2) is 0 Å². The Morgan fingerprint density at radius 1 is 1.32 bits per heavy atom. The number of likely N-dealkylation sites (tertiary alicyclic amines) is 1.